The van der Waals surface area contributed by atoms with E-state index in [2.05, 4.69) is 6.92 Å². The van der Waals surface area contributed by atoms with Gasteiger partial charge < -0.3 is 9.84 Å². The van der Waals surface area contributed by atoms with Crippen molar-refractivity contribution >= 4 is 10.1 Å². The molecule has 2 rings (SSSR count). The van der Waals surface area contributed by atoms with Crippen LogP contribution in [-0.4, -0.2) is 13.0 Å². The van der Waals surface area contributed by atoms with Gasteiger partial charge in [0.1, 0.15) is 16.4 Å². The smallest absolute Gasteiger partial charge is 0.872 e. The summed E-state index contributed by atoms with van der Waals surface area (Å²) in [5.74, 6) is 0.600. The summed E-state index contributed by atoms with van der Waals surface area (Å²) in [4.78, 5) is -0.112. The van der Waals surface area contributed by atoms with E-state index < -0.39 is 10.1 Å². The van der Waals surface area contributed by atoms with Crippen molar-refractivity contribution in [2.45, 2.75) is 95.3 Å². The third-order valence-electron chi connectivity index (χ3n) is 5.68. The first-order valence-electron chi connectivity index (χ1n) is 12.0. The van der Waals surface area contributed by atoms with E-state index in [0.717, 1.165) is 19.3 Å². The Morgan fingerprint density at radius 3 is 1.76 bits per heavy atom. The van der Waals surface area contributed by atoms with E-state index in [9.17, 15) is 18.1 Å². The zero-order chi connectivity index (χ0) is 23.2. The van der Waals surface area contributed by atoms with Crippen molar-refractivity contribution in [1.82, 2.24) is 0 Å². The van der Waals surface area contributed by atoms with Crippen LogP contribution in [0, 0.1) is 0 Å². The maximum atomic E-state index is 11.9. The van der Waals surface area contributed by atoms with Gasteiger partial charge in [-0.15, -0.1) is 5.75 Å². The van der Waals surface area contributed by atoms with Gasteiger partial charge in [0.2, 0.25) is 0 Å². The van der Waals surface area contributed by atoms with Crippen LogP contribution in [0.2, 0.25) is 0 Å². The third-order valence-corrected chi connectivity index (χ3v) is 6.61. The Hall–Kier alpha value is -0.414. The van der Waals surface area contributed by atoms with Gasteiger partial charge in [-0.05, 0) is 36.6 Å². The second-order valence-corrected chi connectivity index (χ2v) is 9.85. The fourth-order valence-corrected chi connectivity index (χ4v) is 4.61. The standard InChI is InChI=1S/C26H38O5S.K/c1-2-3-4-5-6-7-8-9-10-11-12-13-14-22-15-18-25(21-26(22)32(28,29)30)31-24-19-16-23(27)17-20-24;/h15-21,27H,2-14H2,1H3,(H,28,29,30);/q;+1/p-1. The van der Waals surface area contributed by atoms with Crippen molar-refractivity contribution in [1.29, 1.82) is 0 Å². The van der Waals surface area contributed by atoms with Crippen molar-refractivity contribution in [3.05, 3.63) is 48.0 Å². The SMILES string of the molecule is CCCCCCCCCCCCCCc1ccc(Oc2ccc([O-])cc2)cc1S(=O)(=O)O.[K+]. The molecule has 0 amide bonds. The predicted octanol–water partition coefficient (Wildman–Crippen LogP) is 4.05. The number of benzene rings is 2. The Balaban J connectivity index is 0.00000544. The van der Waals surface area contributed by atoms with Crippen LogP contribution in [0.4, 0.5) is 0 Å². The summed E-state index contributed by atoms with van der Waals surface area (Å²) in [6.45, 7) is 2.24. The predicted molar refractivity (Wildman–Crippen MR) is 127 cm³/mol. The first-order valence-corrected chi connectivity index (χ1v) is 13.4. The molecule has 0 fully saturated rings. The molecule has 0 bridgehead atoms. The number of aryl methyl sites for hydroxylation is 1. The normalized spacial score (nSPS) is 11.2. The van der Waals surface area contributed by atoms with Gasteiger partial charge in [-0.25, -0.2) is 0 Å². The first kappa shape index (κ1) is 30.6. The van der Waals surface area contributed by atoms with E-state index >= 15 is 0 Å². The van der Waals surface area contributed by atoms with E-state index in [1.807, 2.05) is 0 Å². The fourth-order valence-electron chi connectivity index (χ4n) is 3.85. The van der Waals surface area contributed by atoms with Crippen LogP contribution in [-0.2, 0) is 16.5 Å². The van der Waals surface area contributed by atoms with Gasteiger partial charge in [0.15, 0.2) is 0 Å². The number of unbranched alkanes of at least 4 members (excludes halogenated alkanes) is 11. The Morgan fingerprint density at radius 1 is 0.758 bits per heavy atom. The summed E-state index contributed by atoms with van der Waals surface area (Å²) in [5, 5.41) is 11.2. The van der Waals surface area contributed by atoms with Crippen molar-refractivity contribution in [2.24, 2.45) is 0 Å². The molecule has 0 saturated carbocycles. The Bertz CT molecular complexity index is 897. The quantitative estimate of drug-likeness (QED) is 0.213. The molecule has 7 heteroatoms. The Morgan fingerprint density at radius 2 is 1.24 bits per heavy atom. The summed E-state index contributed by atoms with van der Waals surface area (Å²) >= 11 is 0. The molecule has 0 saturated heterocycles. The maximum Gasteiger partial charge on any atom is 1.00 e. The minimum Gasteiger partial charge on any atom is -0.872 e. The molecule has 0 aliphatic carbocycles. The second kappa shape index (κ2) is 17.1. The Kier molecular flexibility index (Phi) is 15.9. The zero-order valence-electron chi connectivity index (χ0n) is 20.2. The Labute approximate surface area is 242 Å². The van der Waals surface area contributed by atoms with Crippen LogP contribution >= 0.6 is 0 Å². The van der Waals surface area contributed by atoms with E-state index in [-0.39, 0.29) is 62.0 Å². The molecule has 178 valence electrons. The average molecular weight is 501 g/mol. The van der Waals surface area contributed by atoms with Gasteiger partial charge >= 0.3 is 51.4 Å². The molecule has 0 spiro atoms. The topological polar surface area (TPSA) is 86.7 Å². The molecule has 33 heavy (non-hydrogen) atoms. The van der Waals surface area contributed by atoms with E-state index in [1.165, 1.54) is 88.1 Å². The monoisotopic (exact) mass is 500 g/mol. The van der Waals surface area contributed by atoms with Gasteiger partial charge in [-0.2, -0.15) is 8.42 Å². The molecular weight excluding hydrogens is 463 g/mol. The van der Waals surface area contributed by atoms with Crippen molar-refractivity contribution < 1.29 is 74.2 Å². The van der Waals surface area contributed by atoms with Gasteiger partial charge in [0.05, 0.1) is 0 Å². The summed E-state index contributed by atoms with van der Waals surface area (Å²) < 4.78 is 39.1. The van der Waals surface area contributed by atoms with Crippen LogP contribution in [0.25, 0.3) is 0 Å². The van der Waals surface area contributed by atoms with Crippen molar-refractivity contribution in [3.63, 3.8) is 0 Å². The van der Waals surface area contributed by atoms with Crippen LogP contribution in [0.15, 0.2) is 47.4 Å². The molecule has 0 radical (unpaired) electrons. The number of rotatable bonds is 16. The van der Waals surface area contributed by atoms with Crippen molar-refractivity contribution in [2.75, 3.05) is 0 Å². The van der Waals surface area contributed by atoms with Gasteiger partial charge in [-0.1, -0.05) is 95.8 Å². The maximum absolute atomic E-state index is 11.9. The minimum atomic E-state index is -4.35. The van der Waals surface area contributed by atoms with E-state index in [4.69, 9.17) is 4.74 Å². The molecular formula is C26H37KO5S. The van der Waals surface area contributed by atoms with Crippen LogP contribution in [0.3, 0.4) is 0 Å². The summed E-state index contributed by atoms with van der Waals surface area (Å²) in [6.07, 6.45) is 15.5. The number of ether oxygens (including phenoxy) is 1. The van der Waals surface area contributed by atoms with Crippen molar-refractivity contribution in [3.8, 4) is 17.2 Å². The molecule has 0 aliphatic rings. The van der Waals surface area contributed by atoms with E-state index in [0.29, 0.717) is 23.5 Å². The first-order chi connectivity index (χ1) is 15.4. The fraction of sp³-hybridized carbons (Fsp3) is 0.538. The average Bonchev–Trinajstić information content (AvgIpc) is 2.76. The third kappa shape index (κ3) is 12.7. The molecule has 0 aliphatic heterocycles. The summed E-state index contributed by atoms with van der Waals surface area (Å²) in [5.41, 5.74) is 0.599. The van der Waals surface area contributed by atoms with Gasteiger partial charge in [-0.3, -0.25) is 4.55 Å². The van der Waals surface area contributed by atoms with Crippen LogP contribution in [0.5, 0.6) is 17.2 Å². The molecule has 0 unspecified atom stereocenters. The number of hydrogen-bond acceptors (Lipinski definition) is 4. The minimum absolute atomic E-state index is 0. The molecule has 5 nitrogen and oxygen atoms in total. The van der Waals surface area contributed by atoms with Gasteiger partial charge in [0, 0.05) is 6.07 Å². The largest absolute Gasteiger partial charge is 1.00 e. The molecule has 1 N–H and O–H groups in total. The number of hydrogen-bond donors (Lipinski definition) is 1. The van der Waals surface area contributed by atoms with Gasteiger partial charge in [0.25, 0.3) is 10.1 Å². The second-order valence-electron chi connectivity index (χ2n) is 8.46. The molecule has 0 heterocycles. The molecule has 0 atom stereocenters. The molecule has 2 aromatic rings. The summed E-state index contributed by atoms with van der Waals surface area (Å²) in [6, 6.07) is 10.5. The van der Waals surface area contributed by atoms with Crippen LogP contribution < -0.4 is 61.2 Å². The molecule has 2 aromatic carbocycles. The van der Waals surface area contributed by atoms with Crippen LogP contribution in [0.1, 0.15) is 89.5 Å². The zero-order valence-corrected chi connectivity index (χ0v) is 24.2. The molecule has 0 aromatic heterocycles. The van der Waals surface area contributed by atoms with E-state index in [1.54, 1.807) is 12.1 Å². The summed E-state index contributed by atoms with van der Waals surface area (Å²) in [7, 11) is -4.35.